The summed E-state index contributed by atoms with van der Waals surface area (Å²) in [6.45, 7) is 0. The van der Waals surface area contributed by atoms with Crippen molar-refractivity contribution in [3.8, 4) is 0 Å². The molecule has 1 unspecified atom stereocenters. The summed E-state index contributed by atoms with van der Waals surface area (Å²) in [7, 11) is 0. The molecule has 0 saturated heterocycles. The second kappa shape index (κ2) is 6.35. The molecule has 0 spiro atoms. The first-order valence-corrected chi connectivity index (χ1v) is 7.57. The van der Waals surface area contributed by atoms with Crippen LogP contribution in [0, 0.1) is 5.82 Å². The molecule has 2 aromatic rings. The van der Waals surface area contributed by atoms with E-state index in [4.69, 9.17) is 17.3 Å². The van der Waals surface area contributed by atoms with Gasteiger partial charge in [0.1, 0.15) is 5.82 Å². The van der Waals surface area contributed by atoms with E-state index < -0.39 is 0 Å². The Morgan fingerprint density at radius 2 is 1.84 bits per heavy atom. The van der Waals surface area contributed by atoms with Crippen LogP contribution in [0.4, 0.5) is 4.39 Å². The van der Waals surface area contributed by atoms with E-state index in [0.717, 1.165) is 15.6 Å². The number of benzene rings is 2. The van der Waals surface area contributed by atoms with E-state index in [1.54, 1.807) is 6.07 Å². The van der Waals surface area contributed by atoms with Crippen molar-refractivity contribution in [2.24, 2.45) is 5.73 Å². The molecule has 2 N–H and O–H groups in total. The van der Waals surface area contributed by atoms with Crippen molar-refractivity contribution in [2.75, 3.05) is 0 Å². The third-order valence-corrected chi connectivity index (χ3v) is 4.03. The zero-order valence-electron chi connectivity index (χ0n) is 9.84. The summed E-state index contributed by atoms with van der Waals surface area (Å²) in [5, 5.41) is 0.617. The zero-order valence-corrected chi connectivity index (χ0v) is 13.8. The Balaban J connectivity index is 2.25. The third kappa shape index (κ3) is 4.02. The summed E-state index contributed by atoms with van der Waals surface area (Å²) >= 11 is 12.8. The van der Waals surface area contributed by atoms with Crippen LogP contribution in [0.3, 0.4) is 0 Å². The fourth-order valence-corrected chi connectivity index (χ4v) is 3.04. The summed E-state index contributed by atoms with van der Waals surface area (Å²) < 4.78 is 14.9. The van der Waals surface area contributed by atoms with Gasteiger partial charge in [-0.25, -0.2) is 4.39 Å². The molecule has 0 heterocycles. The fraction of sp³-hybridized carbons (Fsp3) is 0.143. The van der Waals surface area contributed by atoms with E-state index in [0.29, 0.717) is 15.9 Å². The molecule has 2 aromatic carbocycles. The Morgan fingerprint density at radius 3 is 2.53 bits per heavy atom. The first-order chi connectivity index (χ1) is 8.95. The molecule has 0 aromatic heterocycles. The minimum atomic E-state index is -0.281. The second-order valence-corrected chi connectivity index (χ2v) is 6.49. The summed E-state index contributed by atoms with van der Waals surface area (Å²) in [6, 6.07) is 10.0. The van der Waals surface area contributed by atoms with Crippen molar-refractivity contribution in [3.63, 3.8) is 0 Å². The second-order valence-electron chi connectivity index (χ2n) is 4.25. The molecule has 0 aliphatic carbocycles. The van der Waals surface area contributed by atoms with Crippen molar-refractivity contribution >= 4 is 43.5 Å². The van der Waals surface area contributed by atoms with Gasteiger partial charge in [-0.1, -0.05) is 43.5 Å². The molecule has 19 heavy (non-hydrogen) atoms. The lowest BCUT2D eigenvalue weighted by Gasteiger charge is -2.14. The first kappa shape index (κ1) is 15.0. The van der Waals surface area contributed by atoms with Gasteiger partial charge in [-0.2, -0.15) is 0 Å². The molecule has 100 valence electrons. The van der Waals surface area contributed by atoms with Crippen LogP contribution in [0.5, 0.6) is 0 Å². The van der Waals surface area contributed by atoms with E-state index in [1.165, 1.54) is 12.1 Å². The van der Waals surface area contributed by atoms with Gasteiger partial charge in [0.05, 0.1) is 0 Å². The van der Waals surface area contributed by atoms with Crippen LogP contribution in [0.2, 0.25) is 5.02 Å². The predicted molar refractivity (Wildman–Crippen MR) is 83.9 cm³/mol. The lowest BCUT2D eigenvalue weighted by atomic mass is 9.99. The van der Waals surface area contributed by atoms with E-state index >= 15 is 0 Å². The van der Waals surface area contributed by atoms with Gasteiger partial charge in [-0.05, 0) is 53.9 Å². The Morgan fingerprint density at radius 1 is 1.11 bits per heavy atom. The van der Waals surface area contributed by atoms with Gasteiger partial charge < -0.3 is 5.73 Å². The maximum absolute atomic E-state index is 13.3. The Bertz CT molecular complexity index is 584. The molecule has 0 aliphatic rings. The van der Waals surface area contributed by atoms with Gasteiger partial charge in [0.15, 0.2) is 0 Å². The van der Waals surface area contributed by atoms with Crippen LogP contribution in [0.25, 0.3) is 0 Å². The summed E-state index contributed by atoms with van der Waals surface area (Å²) in [5.74, 6) is -0.281. The highest BCUT2D eigenvalue weighted by Crippen LogP contribution is 2.28. The molecular weight excluding hydrogens is 396 g/mol. The maximum Gasteiger partial charge on any atom is 0.124 e. The lowest BCUT2D eigenvalue weighted by molar-refractivity contribution is 0.621. The molecular formula is C14H11Br2ClFN. The molecule has 5 heteroatoms. The highest BCUT2D eigenvalue weighted by Gasteiger charge is 2.12. The van der Waals surface area contributed by atoms with Crippen LogP contribution < -0.4 is 5.73 Å². The summed E-state index contributed by atoms with van der Waals surface area (Å²) in [5.41, 5.74) is 7.83. The number of halogens is 4. The van der Waals surface area contributed by atoms with Crippen LogP contribution in [-0.2, 0) is 6.42 Å². The van der Waals surface area contributed by atoms with Crippen molar-refractivity contribution in [1.82, 2.24) is 0 Å². The van der Waals surface area contributed by atoms with E-state index in [-0.39, 0.29) is 11.9 Å². The molecule has 1 nitrogen and oxygen atoms in total. The molecule has 2 rings (SSSR count). The van der Waals surface area contributed by atoms with Gasteiger partial charge in [-0.3, -0.25) is 0 Å². The fourth-order valence-electron chi connectivity index (χ4n) is 1.89. The average molecular weight is 408 g/mol. The first-order valence-electron chi connectivity index (χ1n) is 5.61. The normalized spacial score (nSPS) is 12.5. The average Bonchev–Trinajstić information content (AvgIpc) is 2.30. The number of rotatable bonds is 3. The molecule has 0 bridgehead atoms. The summed E-state index contributed by atoms with van der Waals surface area (Å²) in [6.07, 6.45) is 0.520. The third-order valence-electron chi connectivity index (χ3n) is 2.74. The highest BCUT2D eigenvalue weighted by molar-refractivity contribution is 9.10. The van der Waals surface area contributed by atoms with Gasteiger partial charge in [-0.15, -0.1) is 0 Å². The quantitative estimate of drug-likeness (QED) is 0.739. The van der Waals surface area contributed by atoms with Crippen LogP contribution >= 0.6 is 43.5 Å². The molecule has 0 amide bonds. The topological polar surface area (TPSA) is 26.0 Å². The Labute approximate surface area is 133 Å². The Hall–Kier alpha value is -0.420. The van der Waals surface area contributed by atoms with Crippen LogP contribution in [0.1, 0.15) is 17.2 Å². The zero-order chi connectivity index (χ0) is 14.0. The van der Waals surface area contributed by atoms with Gasteiger partial charge in [0.25, 0.3) is 0 Å². The molecule has 0 aliphatic heterocycles. The number of hydrogen-bond acceptors (Lipinski definition) is 1. The van der Waals surface area contributed by atoms with E-state index in [9.17, 15) is 4.39 Å². The van der Waals surface area contributed by atoms with Crippen LogP contribution in [-0.4, -0.2) is 0 Å². The largest absolute Gasteiger partial charge is 0.324 e. The smallest absolute Gasteiger partial charge is 0.124 e. The Kier molecular flexibility index (Phi) is 5.01. The predicted octanol–water partition coefficient (Wildman–Crippen LogP) is 5.25. The monoisotopic (exact) mass is 405 g/mol. The maximum atomic E-state index is 13.3. The minimum absolute atomic E-state index is 0.279. The van der Waals surface area contributed by atoms with Crippen molar-refractivity contribution in [2.45, 2.75) is 12.5 Å². The van der Waals surface area contributed by atoms with Crippen molar-refractivity contribution in [1.29, 1.82) is 0 Å². The molecule has 1 atom stereocenters. The van der Waals surface area contributed by atoms with Crippen molar-refractivity contribution in [3.05, 3.63) is 67.3 Å². The number of nitrogens with two attached hydrogens (primary N) is 1. The standard InChI is InChI=1S/C14H11Br2ClFN/c15-9-1-2-13(17)12(7-9)14(19)5-8-3-10(16)6-11(18)4-8/h1-4,6-7,14H,5,19H2. The number of hydrogen-bond donors (Lipinski definition) is 1. The minimum Gasteiger partial charge on any atom is -0.324 e. The molecule has 0 fully saturated rings. The van der Waals surface area contributed by atoms with Gasteiger partial charge >= 0.3 is 0 Å². The van der Waals surface area contributed by atoms with E-state index in [1.807, 2.05) is 18.2 Å². The van der Waals surface area contributed by atoms with Crippen molar-refractivity contribution < 1.29 is 4.39 Å². The molecule has 0 saturated carbocycles. The van der Waals surface area contributed by atoms with Crippen LogP contribution in [0.15, 0.2) is 45.3 Å². The van der Waals surface area contributed by atoms with Gasteiger partial charge in [0, 0.05) is 20.0 Å². The lowest BCUT2D eigenvalue weighted by Crippen LogP contribution is -2.14. The highest BCUT2D eigenvalue weighted by atomic mass is 79.9. The van der Waals surface area contributed by atoms with Gasteiger partial charge in [0.2, 0.25) is 0 Å². The molecule has 0 radical (unpaired) electrons. The summed E-state index contributed by atoms with van der Waals surface area (Å²) in [4.78, 5) is 0. The van der Waals surface area contributed by atoms with E-state index in [2.05, 4.69) is 31.9 Å². The SMILES string of the molecule is NC(Cc1cc(F)cc(Br)c1)c1cc(Br)ccc1Cl.